The molecule has 0 aromatic carbocycles. The number of allylic oxidation sites excluding steroid dienone is 1. The molecule has 0 fully saturated rings. The second-order valence-electron chi connectivity index (χ2n) is 3.07. The summed E-state index contributed by atoms with van der Waals surface area (Å²) in [7, 11) is 0. The molecule has 0 heterocycles. The Morgan fingerprint density at radius 2 is 1.85 bits per heavy atom. The van der Waals surface area contributed by atoms with Gasteiger partial charge in [-0.2, -0.15) is 0 Å². The molecule has 2 heteroatoms. The normalized spacial score (nSPS) is 11.2. The Hall–Kier alpha value is -0.340. The van der Waals surface area contributed by atoms with Crippen LogP contribution in [0.4, 0.5) is 0 Å². The molecular formula is C11H21O2. The van der Waals surface area contributed by atoms with E-state index in [1.165, 1.54) is 0 Å². The van der Waals surface area contributed by atoms with Crippen molar-refractivity contribution in [2.75, 3.05) is 19.8 Å². The third kappa shape index (κ3) is 11.7. The predicted molar refractivity (Wildman–Crippen MR) is 54.3 cm³/mol. The number of unbranched alkanes of at least 4 members (excludes halogenated alkanes) is 3. The molecule has 0 atom stereocenters. The molecule has 0 rings (SSSR count). The maximum atomic E-state index is 10.1. The van der Waals surface area contributed by atoms with Crippen LogP contribution < -0.4 is 0 Å². The van der Waals surface area contributed by atoms with Crippen LogP contribution >= 0.6 is 0 Å². The van der Waals surface area contributed by atoms with Crippen molar-refractivity contribution in [1.82, 2.24) is 0 Å². The van der Waals surface area contributed by atoms with Gasteiger partial charge in [0.15, 0.2) is 0 Å². The molecule has 13 heavy (non-hydrogen) atoms. The lowest BCUT2D eigenvalue weighted by molar-refractivity contribution is 0.153. The average molecular weight is 185 g/mol. The lowest BCUT2D eigenvalue weighted by Crippen LogP contribution is -1.94. The van der Waals surface area contributed by atoms with Gasteiger partial charge in [-0.25, -0.2) is 5.11 Å². The second kappa shape index (κ2) is 11.7. The summed E-state index contributed by atoms with van der Waals surface area (Å²) in [5, 5.41) is 10.1. The fraction of sp³-hybridized carbons (Fsp3) is 0.818. The summed E-state index contributed by atoms with van der Waals surface area (Å²) in [6, 6.07) is 0. The fourth-order valence-electron chi connectivity index (χ4n) is 1.05. The summed E-state index contributed by atoms with van der Waals surface area (Å²) < 4.78 is 5.35. The topological polar surface area (TPSA) is 29.1 Å². The predicted octanol–water partition coefficient (Wildman–Crippen LogP) is 2.96. The highest BCUT2D eigenvalue weighted by molar-refractivity contribution is 4.79. The van der Waals surface area contributed by atoms with Crippen molar-refractivity contribution >= 4 is 0 Å². The number of hydrogen-bond acceptors (Lipinski definition) is 1. The molecule has 0 N–H and O–H groups in total. The first-order valence-electron chi connectivity index (χ1n) is 5.22. The zero-order chi connectivity index (χ0) is 9.78. The van der Waals surface area contributed by atoms with Gasteiger partial charge in [-0.3, -0.25) is 0 Å². The van der Waals surface area contributed by atoms with E-state index < -0.39 is 0 Å². The summed E-state index contributed by atoms with van der Waals surface area (Å²) in [6.07, 6.45) is 9.31. The Kier molecular flexibility index (Phi) is 11.4. The quantitative estimate of drug-likeness (QED) is 0.401. The molecule has 0 spiro atoms. The summed E-state index contributed by atoms with van der Waals surface area (Å²) in [5.74, 6) is 0. The van der Waals surface area contributed by atoms with Gasteiger partial charge in [0.25, 0.3) is 0 Å². The van der Waals surface area contributed by atoms with Gasteiger partial charge in [0, 0.05) is 6.61 Å². The zero-order valence-electron chi connectivity index (χ0n) is 8.63. The van der Waals surface area contributed by atoms with E-state index in [0.717, 1.165) is 45.3 Å². The van der Waals surface area contributed by atoms with Crippen molar-refractivity contribution in [3.05, 3.63) is 12.2 Å². The molecular weight excluding hydrogens is 164 g/mol. The van der Waals surface area contributed by atoms with Crippen LogP contribution in [0, 0.1) is 0 Å². The van der Waals surface area contributed by atoms with E-state index in [2.05, 4.69) is 19.1 Å². The van der Waals surface area contributed by atoms with E-state index in [1.54, 1.807) is 0 Å². The summed E-state index contributed by atoms with van der Waals surface area (Å²) in [5.41, 5.74) is 0. The molecule has 0 amide bonds. The van der Waals surface area contributed by atoms with E-state index in [1.807, 2.05) is 0 Å². The lowest BCUT2D eigenvalue weighted by atomic mass is 10.2. The fourth-order valence-corrected chi connectivity index (χ4v) is 1.05. The summed E-state index contributed by atoms with van der Waals surface area (Å²) >= 11 is 0. The van der Waals surface area contributed by atoms with E-state index >= 15 is 0 Å². The van der Waals surface area contributed by atoms with Crippen LogP contribution in [0.15, 0.2) is 12.2 Å². The van der Waals surface area contributed by atoms with Crippen molar-refractivity contribution in [3.63, 3.8) is 0 Å². The third-order valence-electron chi connectivity index (χ3n) is 1.80. The second-order valence-corrected chi connectivity index (χ2v) is 3.07. The van der Waals surface area contributed by atoms with Crippen LogP contribution in [-0.2, 0) is 9.84 Å². The molecule has 0 aliphatic rings. The zero-order valence-corrected chi connectivity index (χ0v) is 8.63. The number of rotatable bonds is 9. The first kappa shape index (κ1) is 12.7. The van der Waals surface area contributed by atoms with E-state index in [9.17, 15) is 5.11 Å². The van der Waals surface area contributed by atoms with E-state index in [4.69, 9.17) is 4.74 Å². The smallest absolute Gasteiger partial charge is 0.0822 e. The van der Waals surface area contributed by atoms with Crippen LogP contribution in [0.2, 0.25) is 0 Å². The SMILES string of the molecule is CCC=CCOCCCCCC[O]. The van der Waals surface area contributed by atoms with Gasteiger partial charge in [0.05, 0.1) is 13.2 Å². The molecule has 77 valence electrons. The minimum Gasteiger partial charge on any atom is -0.377 e. The van der Waals surface area contributed by atoms with Gasteiger partial charge in [0.2, 0.25) is 0 Å². The largest absolute Gasteiger partial charge is 0.377 e. The summed E-state index contributed by atoms with van der Waals surface area (Å²) in [6.45, 7) is 3.74. The van der Waals surface area contributed by atoms with Gasteiger partial charge in [-0.05, 0) is 19.3 Å². The molecule has 0 saturated heterocycles. The molecule has 0 aliphatic heterocycles. The van der Waals surface area contributed by atoms with Gasteiger partial charge in [-0.1, -0.05) is 31.9 Å². The van der Waals surface area contributed by atoms with Gasteiger partial charge >= 0.3 is 0 Å². The van der Waals surface area contributed by atoms with Gasteiger partial charge in [0.1, 0.15) is 0 Å². The van der Waals surface area contributed by atoms with Crippen LogP contribution in [0.25, 0.3) is 0 Å². The van der Waals surface area contributed by atoms with E-state index in [-0.39, 0.29) is 6.61 Å². The molecule has 1 radical (unpaired) electrons. The van der Waals surface area contributed by atoms with Crippen molar-refractivity contribution in [2.45, 2.75) is 39.0 Å². The highest BCUT2D eigenvalue weighted by Gasteiger charge is 1.89. The van der Waals surface area contributed by atoms with Crippen LogP contribution in [0.5, 0.6) is 0 Å². The standard InChI is InChI=1S/C11H21O2/c1-2-3-7-10-13-11-8-5-4-6-9-12/h3,7H,2,4-6,8-11H2,1H3. The maximum Gasteiger partial charge on any atom is 0.0822 e. The Balaban J connectivity index is 2.87. The van der Waals surface area contributed by atoms with Gasteiger partial charge < -0.3 is 4.74 Å². The average Bonchev–Trinajstić information content (AvgIpc) is 2.16. The van der Waals surface area contributed by atoms with Crippen molar-refractivity contribution in [1.29, 1.82) is 0 Å². The van der Waals surface area contributed by atoms with E-state index in [0.29, 0.717) is 0 Å². The van der Waals surface area contributed by atoms with Gasteiger partial charge in [-0.15, -0.1) is 0 Å². The highest BCUT2D eigenvalue weighted by Crippen LogP contribution is 1.99. The Morgan fingerprint density at radius 1 is 1.08 bits per heavy atom. The first-order valence-corrected chi connectivity index (χ1v) is 5.22. The highest BCUT2D eigenvalue weighted by atomic mass is 16.5. The number of hydrogen-bond donors (Lipinski definition) is 0. The summed E-state index contributed by atoms with van der Waals surface area (Å²) in [4.78, 5) is 0. The molecule has 0 aliphatic carbocycles. The molecule has 0 aromatic rings. The van der Waals surface area contributed by atoms with Crippen molar-refractivity contribution in [3.8, 4) is 0 Å². The minimum atomic E-state index is 0.0695. The Labute approximate surface area is 81.6 Å². The monoisotopic (exact) mass is 185 g/mol. The molecule has 0 unspecified atom stereocenters. The molecule has 0 aromatic heterocycles. The Bertz CT molecular complexity index is 111. The van der Waals surface area contributed by atoms with Crippen molar-refractivity contribution in [2.24, 2.45) is 0 Å². The van der Waals surface area contributed by atoms with Crippen molar-refractivity contribution < 1.29 is 9.84 Å². The van der Waals surface area contributed by atoms with Crippen LogP contribution in [0.1, 0.15) is 39.0 Å². The minimum absolute atomic E-state index is 0.0695. The van der Waals surface area contributed by atoms with Crippen LogP contribution in [0.3, 0.4) is 0 Å². The van der Waals surface area contributed by atoms with Crippen LogP contribution in [-0.4, -0.2) is 19.8 Å². The molecule has 0 saturated carbocycles. The third-order valence-corrected chi connectivity index (χ3v) is 1.80. The Morgan fingerprint density at radius 3 is 2.54 bits per heavy atom. The molecule has 2 nitrogen and oxygen atoms in total. The maximum absolute atomic E-state index is 10.1. The lowest BCUT2D eigenvalue weighted by Gasteiger charge is -2.00. The first-order chi connectivity index (χ1) is 6.41. The molecule has 0 bridgehead atoms. The number of ether oxygens (including phenoxy) is 1.